The van der Waals surface area contributed by atoms with Crippen molar-refractivity contribution in [1.82, 2.24) is 19.9 Å². The number of rotatable bonds is 7. The second-order valence-corrected chi connectivity index (χ2v) is 13.2. The van der Waals surface area contributed by atoms with Crippen molar-refractivity contribution in [1.29, 1.82) is 0 Å². The molecule has 0 saturated carbocycles. The van der Waals surface area contributed by atoms with Crippen LogP contribution in [-0.2, 0) is 16.8 Å². The van der Waals surface area contributed by atoms with Crippen LogP contribution in [0, 0.1) is 27.7 Å². The van der Waals surface area contributed by atoms with Crippen molar-refractivity contribution in [2.45, 2.75) is 27.7 Å². The number of hydrogen-bond donors (Lipinski definition) is 2. The van der Waals surface area contributed by atoms with Crippen molar-refractivity contribution >= 4 is 78.8 Å². The second kappa shape index (κ2) is 14.0. The van der Waals surface area contributed by atoms with Crippen LogP contribution >= 0.6 is 45.3 Å². The Kier molecular flexibility index (Phi) is 10.1. The number of hydrogen-bond acceptors (Lipinski definition) is 10. The minimum absolute atomic E-state index is 0. The zero-order chi connectivity index (χ0) is 30.8. The van der Waals surface area contributed by atoms with Gasteiger partial charge >= 0.3 is 16.8 Å². The van der Waals surface area contributed by atoms with Gasteiger partial charge in [-0.2, -0.15) is 11.3 Å². The molecule has 2 amide bonds. The molecule has 0 saturated heterocycles. The number of benzene rings is 2. The van der Waals surface area contributed by atoms with E-state index in [1.165, 1.54) is 45.3 Å². The van der Waals surface area contributed by atoms with Gasteiger partial charge in [0.25, 0.3) is 11.8 Å². The molecule has 0 atom stereocenters. The number of carbonyl (C=O) groups is 2. The van der Waals surface area contributed by atoms with E-state index in [1.54, 1.807) is 13.8 Å². The molecule has 1 radical (unpaired) electrons. The van der Waals surface area contributed by atoms with E-state index >= 15 is 0 Å². The molecule has 4 heterocycles. The largest absolute Gasteiger partial charge is 2.00 e. The number of amides is 2. The second-order valence-electron chi connectivity index (χ2n) is 9.61. The van der Waals surface area contributed by atoms with Crippen molar-refractivity contribution < 1.29 is 26.4 Å². The fourth-order valence-electron chi connectivity index (χ4n) is 4.10. The van der Waals surface area contributed by atoms with Gasteiger partial charge < -0.3 is 30.6 Å². The molecule has 10 nitrogen and oxygen atoms in total. The van der Waals surface area contributed by atoms with Crippen molar-refractivity contribution in [2.75, 3.05) is 10.6 Å². The number of nitrogens with zero attached hydrogens (tertiary/aromatic N) is 6. The number of nitrogens with one attached hydrogen (secondary N) is 2. The quantitative estimate of drug-likeness (QED) is 0.194. The fraction of sp³-hybridized carbons (Fsp3) is 0.133. The van der Waals surface area contributed by atoms with Gasteiger partial charge in [0, 0.05) is 26.4 Å². The van der Waals surface area contributed by atoms with E-state index < -0.39 is 0 Å². The van der Waals surface area contributed by atoms with Gasteiger partial charge in [-0.15, -0.1) is 34.0 Å². The third-order valence-electron chi connectivity index (χ3n) is 6.40. The molecule has 0 spiro atoms. The zero-order valence-electron chi connectivity index (χ0n) is 24.2. The van der Waals surface area contributed by atoms with Crippen LogP contribution in [0.5, 0.6) is 0 Å². The SMILES string of the molecule is Cc1ccccc1NC(=O)c1sc(/N=c2\[n-]c(-c3csc(/N=c4\[n-]c(C)c(C(=O)Nc5ccccc5C)s4)n3)cs2)nc1C.[Co+2]. The monoisotopic (exact) mass is 715 g/mol. The molecular weight excluding hydrogens is 692 g/mol. The van der Waals surface area contributed by atoms with E-state index in [0.717, 1.165) is 22.5 Å². The Morgan fingerprint density at radius 2 is 1.33 bits per heavy atom. The Labute approximate surface area is 284 Å². The fourth-order valence-corrected chi connectivity index (χ4v) is 7.24. The van der Waals surface area contributed by atoms with Gasteiger partial charge in [0.2, 0.25) is 0 Å². The summed E-state index contributed by atoms with van der Waals surface area (Å²) in [6, 6.07) is 15.2. The summed E-state index contributed by atoms with van der Waals surface area (Å²) in [5.74, 6) is -0.437. The molecule has 6 rings (SSSR count). The molecule has 15 heteroatoms. The number of aromatic nitrogens is 4. The summed E-state index contributed by atoms with van der Waals surface area (Å²) >= 11 is 5.15. The third kappa shape index (κ3) is 7.46. The molecule has 0 aliphatic heterocycles. The normalized spacial score (nSPS) is 11.8. The smallest absolute Gasteiger partial charge is 0.430 e. The van der Waals surface area contributed by atoms with Gasteiger partial charge in [0.05, 0.1) is 16.3 Å². The molecule has 0 unspecified atom stereocenters. The molecule has 0 aliphatic rings. The van der Waals surface area contributed by atoms with Crippen LogP contribution in [0.4, 0.5) is 21.6 Å². The predicted octanol–water partition coefficient (Wildman–Crippen LogP) is 6.50. The van der Waals surface area contributed by atoms with Gasteiger partial charge in [-0.1, -0.05) is 36.4 Å². The molecule has 0 bridgehead atoms. The molecule has 0 fully saturated rings. The Balaban J connectivity index is 0.00000400. The molecule has 229 valence electrons. The standard InChI is InChI=1S/C30H26N8O2S4.Co/c1-15-9-5-7-11-19(15)33-25(39)23-17(3)31-29(43-23)37-27-35-21(13-41-27)22-14-42-28(36-22)38-30-32-18(4)24(44-30)26(40)34-20-12-8-6-10-16(20)2;/h5-14H,1-4H3,(H4,31,32,33,34,35,36,37,38,39,40);/q;+2/p-2. The van der Waals surface area contributed by atoms with Gasteiger partial charge in [0.1, 0.15) is 15.1 Å². The maximum absolute atomic E-state index is 12.9. The minimum atomic E-state index is -0.219. The summed E-state index contributed by atoms with van der Waals surface area (Å²) in [5, 5.41) is 10.6. The summed E-state index contributed by atoms with van der Waals surface area (Å²) in [6.45, 7) is 7.47. The Morgan fingerprint density at radius 1 is 0.711 bits per heavy atom. The Hall–Kier alpha value is -3.99. The zero-order valence-corrected chi connectivity index (χ0v) is 28.5. The third-order valence-corrected chi connectivity index (χ3v) is 9.97. The van der Waals surface area contributed by atoms with Crippen molar-refractivity contribution in [3.63, 3.8) is 0 Å². The van der Waals surface area contributed by atoms with E-state index in [0.29, 0.717) is 52.4 Å². The Morgan fingerprint density at radius 3 is 2.00 bits per heavy atom. The number of aryl methyl sites for hydroxylation is 4. The average Bonchev–Trinajstić information content (AvgIpc) is 3.79. The molecule has 6 aromatic rings. The topological polar surface area (TPSA) is 137 Å². The molecule has 4 aromatic heterocycles. The molecule has 0 aliphatic carbocycles. The van der Waals surface area contributed by atoms with Gasteiger partial charge in [-0.3, -0.25) is 9.59 Å². The number of para-hydroxylation sites is 2. The van der Waals surface area contributed by atoms with E-state index in [9.17, 15) is 9.59 Å². The summed E-state index contributed by atoms with van der Waals surface area (Å²) in [6.07, 6.45) is 0. The van der Waals surface area contributed by atoms with Crippen molar-refractivity contribution in [2.24, 2.45) is 9.98 Å². The van der Waals surface area contributed by atoms with Crippen LogP contribution in [0.1, 0.15) is 41.9 Å². The predicted molar refractivity (Wildman–Crippen MR) is 177 cm³/mol. The van der Waals surface area contributed by atoms with E-state index in [2.05, 4.69) is 40.6 Å². The van der Waals surface area contributed by atoms with Crippen LogP contribution in [0.25, 0.3) is 11.4 Å². The molecule has 2 aromatic carbocycles. The van der Waals surface area contributed by atoms with E-state index in [-0.39, 0.29) is 28.6 Å². The number of carbonyl (C=O) groups excluding carboxylic acids is 2. The Bertz CT molecular complexity index is 2150. The summed E-state index contributed by atoms with van der Waals surface area (Å²) < 4.78 is 0. The van der Waals surface area contributed by atoms with Crippen LogP contribution < -0.4 is 30.2 Å². The maximum Gasteiger partial charge on any atom is 2.00 e. The van der Waals surface area contributed by atoms with Gasteiger partial charge in [-0.25, -0.2) is 9.97 Å². The van der Waals surface area contributed by atoms with Crippen LogP contribution in [0.3, 0.4) is 0 Å². The van der Waals surface area contributed by atoms with E-state index in [4.69, 9.17) is 0 Å². The summed E-state index contributed by atoms with van der Waals surface area (Å²) in [4.78, 5) is 55.0. The van der Waals surface area contributed by atoms with E-state index in [1.807, 2.05) is 73.1 Å². The van der Waals surface area contributed by atoms with Crippen molar-refractivity contribution in [3.8, 4) is 11.4 Å². The van der Waals surface area contributed by atoms with Crippen LogP contribution in [0.15, 0.2) is 69.3 Å². The molecular formula is C30H24CoN8O2S4. The summed E-state index contributed by atoms with van der Waals surface area (Å²) in [7, 11) is 0. The van der Waals surface area contributed by atoms with Crippen LogP contribution in [0.2, 0.25) is 0 Å². The van der Waals surface area contributed by atoms with Crippen LogP contribution in [-0.4, -0.2) is 21.8 Å². The van der Waals surface area contributed by atoms with Crippen molar-refractivity contribution in [3.05, 3.63) is 101 Å². The molecule has 2 N–H and O–H groups in total. The average molecular weight is 716 g/mol. The first-order chi connectivity index (χ1) is 21.2. The summed E-state index contributed by atoms with van der Waals surface area (Å²) in [5.41, 5.74) is 6.01. The number of thiazole rings is 4. The van der Waals surface area contributed by atoms with Gasteiger partial charge in [-0.05, 0) is 67.7 Å². The number of anilines is 2. The maximum atomic E-state index is 12.9. The first-order valence-corrected chi connectivity index (χ1v) is 16.7. The minimum Gasteiger partial charge on any atom is -0.430 e. The first-order valence-electron chi connectivity index (χ1n) is 13.3. The molecule has 45 heavy (non-hydrogen) atoms. The van der Waals surface area contributed by atoms with Gasteiger partial charge in [0.15, 0.2) is 0 Å². The first kappa shape index (κ1) is 32.4.